The molecule has 6 nitrogen and oxygen atoms in total. The van der Waals surface area contributed by atoms with E-state index in [0.29, 0.717) is 17.1 Å². The highest BCUT2D eigenvalue weighted by atomic mass is 16.6. The molecule has 0 amide bonds. The summed E-state index contributed by atoms with van der Waals surface area (Å²) in [6.45, 7) is 5.68. The molecule has 1 fully saturated rings. The number of aliphatic hydroxyl groups is 1. The summed E-state index contributed by atoms with van der Waals surface area (Å²) in [4.78, 5) is 12.3. The molecule has 4 atom stereocenters. The molecule has 126 valence electrons. The van der Waals surface area contributed by atoms with Crippen LogP contribution in [0.4, 0.5) is 0 Å². The Morgan fingerprint density at radius 2 is 2.04 bits per heavy atom. The van der Waals surface area contributed by atoms with E-state index in [1.807, 2.05) is 0 Å². The lowest BCUT2D eigenvalue weighted by atomic mass is 9.86. The molecule has 0 aliphatic carbocycles. The molecular weight excluding hydrogens is 300 g/mol. The third-order valence-corrected chi connectivity index (χ3v) is 3.92. The first-order valence-electron chi connectivity index (χ1n) is 7.42. The summed E-state index contributed by atoms with van der Waals surface area (Å²) in [7, 11) is 3.07. The molecule has 1 aliphatic heterocycles. The molecule has 2 rings (SSSR count). The van der Waals surface area contributed by atoms with Gasteiger partial charge in [-0.15, -0.1) is 6.58 Å². The molecule has 1 saturated heterocycles. The number of carbonyl (C=O) groups is 1. The molecule has 0 unspecified atom stereocenters. The minimum Gasteiger partial charge on any atom is -0.493 e. The van der Waals surface area contributed by atoms with Gasteiger partial charge in [-0.05, 0) is 24.6 Å². The van der Waals surface area contributed by atoms with E-state index in [1.54, 1.807) is 32.2 Å². The lowest BCUT2D eigenvalue weighted by molar-refractivity contribution is -0.151. The van der Waals surface area contributed by atoms with Gasteiger partial charge in [-0.2, -0.15) is 0 Å². The van der Waals surface area contributed by atoms with Gasteiger partial charge < -0.3 is 24.1 Å². The van der Waals surface area contributed by atoms with Gasteiger partial charge in [0.05, 0.1) is 32.8 Å². The van der Waals surface area contributed by atoms with Gasteiger partial charge in [-0.1, -0.05) is 12.1 Å². The van der Waals surface area contributed by atoms with Crippen molar-refractivity contribution in [1.29, 1.82) is 0 Å². The second-order valence-corrected chi connectivity index (χ2v) is 5.15. The Bertz CT molecular complexity index is 570. The Morgan fingerprint density at radius 1 is 1.35 bits per heavy atom. The minimum absolute atomic E-state index is 0.258. The number of carbonyl (C=O) groups excluding carboxylic acids is 1. The highest BCUT2D eigenvalue weighted by Gasteiger charge is 2.48. The number of hydrogen-bond acceptors (Lipinski definition) is 6. The second-order valence-electron chi connectivity index (χ2n) is 5.15. The molecule has 0 spiro atoms. The van der Waals surface area contributed by atoms with Crippen molar-refractivity contribution in [2.24, 2.45) is 11.8 Å². The topological polar surface area (TPSA) is 74.2 Å². The zero-order valence-corrected chi connectivity index (χ0v) is 13.5. The number of aliphatic hydroxyl groups excluding tert-OH is 1. The molecule has 0 aromatic heterocycles. The molecule has 1 aliphatic rings. The third-order valence-electron chi connectivity index (χ3n) is 3.92. The van der Waals surface area contributed by atoms with Crippen molar-refractivity contribution in [2.75, 3.05) is 20.8 Å². The highest BCUT2D eigenvalue weighted by Crippen LogP contribution is 2.44. The Morgan fingerprint density at radius 3 is 2.61 bits per heavy atom. The summed E-state index contributed by atoms with van der Waals surface area (Å²) in [5, 5.41) is 10.1. The van der Waals surface area contributed by atoms with Gasteiger partial charge in [0.2, 0.25) is 0 Å². The van der Waals surface area contributed by atoms with E-state index in [-0.39, 0.29) is 6.61 Å². The molecule has 0 bridgehead atoms. The van der Waals surface area contributed by atoms with E-state index < -0.39 is 30.2 Å². The number of benzene rings is 1. The van der Waals surface area contributed by atoms with Crippen LogP contribution in [-0.2, 0) is 14.3 Å². The molecule has 1 heterocycles. The van der Waals surface area contributed by atoms with E-state index in [0.717, 1.165) is 0 Å². The van der Waals surface area contributed by atoms with E-state index in [2.05, 4.69) is 6.58 Å². The molecule has 6 heteroatoms. The molecule has 23 heavy (non-hydrogen) atoms. The SMILES string of the molecule is C=C[C@@H]1[C@@H](C(=O)OCC)[C@H](c2ccc(OC)c(OC)c2)O[C@@H]1O. The van der Waals surface area contributed by atoms with Crippen LogP contribution in [0.1, 0.15) is 18.6 Å². The number of hydrogen-bond donors (Lipinski definition) is 1. The van der Waals surface area contributed by atoms with Gasteiger partial charge in [0.15, 0.2) is 17.8 Å². The molecule has 0 radical (unpaired) electrons. The molecule has 1 aromatic rings. The minimum atomic E-state index is -1.11. The van der Waals surface area contributed by atoms with Gasteiger partial charge in [-0.25, -0.2) is 0 Å². The molecule has 1 N–H and O–H groups in total. The maximum atomic E-state index is 12.3. The van der Waals surface area contributed by atoms with Crippen molar-refractivity contribution >= 4 is 5.97 Å². The smallest absolute Gasteiger partial charge is 0.312 e. The van der Waals surface area contributed by atoms with Gasteiger partial charge >= 0.3 is 5.97 Å². The van der Waals surface area contributed by atoms with Crippen molar-refractivity contribution in [1.82, 2.24) is 0 Å². The van der Waals surface area contributed by atoms with Crippen molar-refractivity contribution in [3.05, 3.63) is 36.4 Å². The van der Waals surface area contributed by atoms with Crippen LogP contribution in [0.25, 0.3) is 0 Å². The zero-order valence-electron chi connectivity index (χ0n) is 13.5. The van der Waals surface area contributed by atoms with Crippen LogP contribution in [0.15, 0.2) is 30.9 Å². The zero-order chi connectivity index (χ0) is 17.0. The maximum Gasteiger partial charge on any atom is 0.312 e. The fourth-order valence-electron chi connectivity index (χ4n) is 2.80. The largest absolute Gasteiger partial charge is 0.493 e. The Kier molecular flexibility index (Phi) is 5.63. The summed E-state index contributed by atoms with van der Waals surface area (Å²) in [6, 6.07) is 5.23. The van der Waals surface area contributed by atoms with Crippen molar-refractivity contribution in [2.45, 2.75) is 19.3 Å². The van der Waals surface area contributed by atoms with Gasteiger partial charge in [0, 0.05) is 5.92 Å². The van der Waals surface area contributed by atoms with Gasteiger partial charge in [-0.3, -0.25) is 4.79 Å². The summed E-state index contributed by atoms with van der Waals surface area (Å²) in [6.07, 6.45) is -0.237. The van der Waals surface area contributed by atoms with Crippen molar-refractivity contribution in [3.63, 3.8) is 0 Å². The Hall–Kier alpha value is -2.05. The molecule has 1 aromatic carbocycles. The maximum absolute atomic E-state index is 12.3. The second kappa shape index (κ2) is 7.48. The van der Waals surface area contributed by atoms with Crippen molar-refractivity contribution < 1.29 is 28.8 Å². The van der Waals surface area contributed by atoms with E-state index in [1.165, 1.54) is 13.2 Å². The van der Waals surface area contributed by atoms with E-state index in [4.69, 9.17) is 18.9 Å². The Balaban J connectivity index is 2.39. The first-order chi connectivity index (χ1) is 11.1. The first kappa shape index (κ1) is 17.3. The van der Waals surface area contributed by atoms with Crippen LogP contribution in [0.3, 0.4) is 0 Å². The van der Waals surface area contributed by atoms with Crippen LogP contribution < -0.4 is 9.47 Å². The van der Waals surface area contributed by atoms with Gasteiger partial charge in [0.25, 0.3) is 0 Å². The highest BCUT2D eigenvalue weighted by molar-refractivity contribution is 5.74. The number of methoxy groups -OCH3 is 2. The number of rotatable bonds is 6. The predicted octanol–water partition coefficient (Wildman–Crippen LogP) is 2.07. The summed E-state index contributed by atoms with van der Waals surface area (Å²) in [5.74, 6) is -0.531. The van der Waals surface area contributed by atoms with Crippen LogP contribution >= 0.6 is 0 Å². The number of ether oxygens (including phenoxy) is 4. The Labute approximate surface area is 135 Å². The van der Waals surface area contributed by atoms with E-state index >= 15 is 0 Å². The normalized spacial score (nSPS) is 26.6. The standard InChI is InChI=1S/C17H22O6/c1-5-11-14(17(19)22-6-2)15(23-16(11)18)10-7-8-12(20-3)13(9-10)21-4/h5,7-9,11,14-16,18H,1,6H2,2-4H3/t11-,14-,15+,16+/m1/s1. The van der Waals surface area contributed by atoms with Crippen LogP contribution in [0.2, 0.25) is 0 Å². The lowest BCUT2D eigenvalue weighted by Crippen LogP contribution is -2.27. The summed E-state index contributed by atoms with van der Waals surface area (Å²) in [5.41, 5.74) is 0.698. The fourth-order valence-corrected chi connectivity index (χ4v) is 2.80. The molecular formula is C17H22O6. The average molecular weight is 322 g/mol. The van der Waals surface area contributed by atoms with Crippen LogP contribution in [-0.4, -0.2) is 38.2 Å². The summed E-state index contributed by atoms with van der Waals surface area (Å²) >= 11 is 0. The monoisotopic (exact) mass is 322 g/mol. The van der Waals surface area contributed by atoms with Gasteiger partial charge in [0.1, 0.15) is 0 Å². The van der Waals surface area contributed by atoms with Crippen LogP contribution in [0, 0.1) is 11.8 Å². The van der Waals surface area contributed by atoms with Crippen LogP contribution in [0.5, 0.6) is 11.5 Å². The summed E-state index contributed by atoms with van der Waals surface area (Å²) < 4.78 is 21.2. The molecule has 0 saturated carbocycles. The third kappa shape index (κ3) is 3.33. The van der Waals surface area contributed by atoms with E-state index in [9.17, 15) is 9.90 Å². The fraction of sp³-hybridized carbons (Fsp3) is 0.471. The predicted molar refractivity (Wildman–Crippen MR) is 83.2 cm³/mol. The average Bonchev–Trinajstić information content (AvgIpc) is 2.90. The quantitative estimate of drug-likeness (QED) is 0.638. The first-order valence-corrected chi connectivity index (χ1v) is 7.42. The number of esters is 1. The lowest BCUT2D eigenvalue weighted by Gasteiger charge is -2.20. The van der Waals surface area contributed by atoms with Crippen molar-refractivity contribution in [3.8, 4) is 11.5 Å².